The molecule has 2 aliphatic heterocycles. The maximum Gasteiger partial charge on any atom is 0.229 e. The van der Waals surface area contributed by atoms with Crippen LogP contribution in [-0.4, -0.2) is 52.5 Å². The van der Waals surface area contributed by atoms with E-state index in [1.165, 1.54) is 4.90 Å². The van der Waals surface area contributed by atoms with Gasteiger partial charge in [-0.1, -0.05) is 29.8 Å². The molecule has 0 spiro atoms. The first kappa shape index (κ1) is 16.4. The van der Waals surface area contributed by atoms with Gasteiger partial charge >= 0.3 is 0 Å². The number of amides is 2. The van der Waals surface area contributed by atoms with Crippen molar-refractivity contribution >= 4 is 23.4 Å². The fourth-order valence-corrected chi connectivity index (χ4v) is 3.77. The van der Waals surface area contributed by atoms with E-state index in [0.29, 0.717) is 6.54 Å². The second kappa shape index (κ2) is 6.99. The number of likely N-dealkylation sites (tertiary alicyclic amines) is 2. The van der Waals surface area contributed by atoms with Crippen LogP contribution in [0.5, 0.6) is 0 Å². The van der Waals surface area contributed by atoms with Crippen LogP contribution in [0.15, 0.2) is 24.3 Å². The minimum absolute atomic E-state index is 0.0867. The molecule has 1 aromatic rings. The SMILES string of the molecule is O=C1CCC(=O)N1C[C@@H](O)CN1CCC[C@@H]1c1ccccc1Cl. The Morgan fingerprint density at radius 1 is 1.17 bits per heavy atom. The molecule has 1 N–H and O–H groups in total. The fourth-order valence-electron chi connectivity index (χ4n) is 3.51. The molecule has 3 rings (SSSR count). The van der Waals surface area contributed by atoms with Crippen molar-refractivity contribution in [3.63, 3.8) is 0 Å². The zero-order chi connectivity index (χ0) is 16.4. The molecule has 0 aromatic heterocycles. The topological polar surface area (TPSA) is 60.9 Å². The Hall–Kier alpha value is -1.43. The summed E-state index contributed by atoms with van der Waals surface area (Å²) in [6, 6.07) is 7.96. The van der Waals surface area contributed by atoms with Crippen LogP contribution >= 0.6 is 11.6 Å². The minimum atomic E-state index is -0.732. The molecule has 0 radical (unpaired) electrons. The summed E-state index contributed by atoms with van der Waals surface area (Å²) in [4.78, 5) is 26.7. The first-order chi connectivity index (χ1) is 11.1. The molecule has 5 nitrogen and oxygen atoms in total. The zero-order valence-electron chi connectivity index (χ0n) is 12.9. The Bertz CT molecular complexity index is 591. The number of halogens is 1. The van der Waals surface area contributed by atoms with Gasteiger partial charge in [0.05, 0.1) is 12.6 Å². The molecule has 0 aliphatic carbocycles. The first-order valence-corrected chi connectivity index (χ1v) is 8.44. The fraction of sp³-hybridized carbons (Fsp3) is 0.529. The van der Waals surface area contributed by atoms with Crippen LogP contribution in [0, 0.1) is 0 Å². The molecule has 0 bridgehead atoms. The number of hydrogen-bond acceptors (Lipinski definition) is 4. The van der Waals surface area contributed by atoms with E-state index in [1.54, 1.807) is 0 Å². The summed E-state index contributed by atoms with van der Waals surface area (Å²) in [5, 5.41) is 11.1. The van der Waals surface area contributed by atoms with Crippen LogP contribution in [0.25, 0.3) is 0 Å². The number of benzene rings is 1. The average Bonchev–Trinajstić information content (AvgIpc) is 3.09. The summed E-state index contributed by atoms with van der Waals surface area (Å²) in [6.07, 6.45) is 1.83. The normalized spacial score (nSPS) is 23.7. The molecule has 2 aliphatic rings. The van der Waals surface area contributed by atoms with Crippen LogP contribution in [0.4, 0.5) is 0 Å². The van der Waals surface area contributed by atoms with E-state index >= 15 is 0 Å². The van der Waals surface area contributed by atoms with Crippen LogP contribution in [0.1, 0.15) is 37.3 Å². The van der Waals surface area contributed by atoms with E-state index < -0.39 is 6.10 Å². The highest BCUT2D eigenvalue weighted by Gasteiger charge is 2.33. The van der Waals surface area contributed by atoms with Gasteiger partial charge in [-0.25, -0.2) is 0 Å². The Morgan fingerprint density at radius 3 is 2.57 bits per heavy atom. The number of nitrogens with zero attached hydrogens (tertiary/aromatic N) is 2. The van der Waals surface area contributed by atoms with Crippen molar-refractivity contribution in [1.29, 1.82) is 0 Å². The van der Waals surface area contributed by atoms with Gasteiger partial charge in [-0.15, -0.1) is 0 Å². The number of hydrogen-bond donors (Lipinski definition) is 1. The number of rotatable bonds is 5. The molecular formula is C17H21ClN2O3. The molecule has 124 valence electrons. The molecule has 0 saturated carbocycles. The maximum atomic E-state index is 11.7. The van der Waals surface area contributed by atoms with E-state index in [0.717, 1.165) is 30.0 Å². The van der Waals surface area contributed by atoms with Gasteiger partial charge in [0.1, 0.15) is 0 Å². The first-order valence-electron chi connectivity index (χ1n) is 8.06. The average molecular weight is 337 g/mol. The predicted octanol–water partition coefficient (Wildman–Crippen LogP) is 1.99. The minimum Gasteiger partial charge on any atom is -0.390 e. The van der Waals surface area contributed by atoms with E-state index in [9.17, 15) is 14.7 Å². The van der Waals surface area contributed by atoms with Crippen molar-refractivity contribution in [2.45, 2.75) is 37.8 Å². The second-order valence-corrected chi connectivity index (χ2v) is 6.63. The van der Waals surface area contributed by atoms with Crippen molar-refractivity contribution in [1.82, 2.24) is 9.80 Å². The number of aliphatic hydroxyl groups excluding tert-OH is 1. The molecule has 2 heterocycles. The van der Waals surface area contributed by atoms with Crippen LogP contribution in [0.3, 0.4) is 0 Å². The standard InChI is InChI=1S/C17H21ClN2O3/c18-14-5-2-1-4-13(14)15-6-3-9-19(15)10-12(21)11-20-16(22)7-8-17(20)23/h1-2,4-5,12,15,21H,3,6-11H2/t12-,15+/m0/s1. The summed E-state index contributed by atoms with van der Waals surface area (Å²) in [5.41, 5.74) is 1.08. The zero-order valence-corrected chi connectivity index (χ0v) is 13.7. The quantitative estimate of drug-likeness (QED) is 0.835. The van der Waals surface area contributed by atoms with Gasteiger partial charge in [0.25, 0.3) is 0 Å². The van der Waals surface area contributed by atoms with Gasteiger partial charge < -0.3 is 5.11 Å². The van der Waals surface area contributed by atoms with E-state index in [1.807, 2.05) is 24.3 Å². The summed E-state index contributed by atoms with van der Waals surface area (Å²) < 4.78 is 0. The molecular weight excluding hydrogens is 316 g/mol. The van der Waals surface area contributed by atoms with E-state index in [2.05, 4.69) is 4.90 Å². The third-order valence-corrected chi connectivity index (χ3v) is 4.97. The van der Waals surface area contributed by atoms with Gasteiger partial charge in [-0.05, 0) is 31.0 Å². The van der Waals surface area contributed by atoms with Gasteiger partial charge in [0.15, 0.2) is 0 Å². The highest BCUT2D eigenvalue weighted by molar-refractivity contribution is 6.31. The molecule has 1 aromatic carbocycles. The van der Waals surface area contributed by atoms with Crippen LogP contribution in [-0.2, 0) is 9.59 Å². The second-order valence-electron chi connectivity index (χ2n) is 6.23. The lowest BCUT2D eigenvalue weighted by Gasteiger charge is -2.29. The highest BCUT2D eigenvalue weighted by Crippen LogP contribution is 2.35. The number of aliphatic hydroxyl groups is 1. The van der Waals surface area contributed by atoms with Gasteiger partial charge in [0, 0.05) is 30.5 Å². The number of carbonyl (C=O) groups excluding carboxylic acids is 2. The largest absolute Gasteiger partial charge is 0.390 e. The summed E-state index contributed by atoms with van der Waals surface area (Å²) in [5.74, 6) is -0.365. The van der Waals surface area contributed by atoms with Crippen molar-refractivity contribution in [2.24, 2.45) is 0 Å². The molecule has 2 fully saturated rings. The maximum absolute atomic E-state index is 11.7. The Morgan fingerprint density at radius 2 is 1.87 bits per heavy atom. The smallest absolute Gasteiger partial charge is 0.229 e. The lowest BCUT2D eigenvalue weighted by molar-refractivity contribution is -0.140. The van der Waals surface area contributed by atoms with Crippen molar-refractivity contribution in [2.75, 3.05) is 19.6 Å². The predicted molar refractivity (Wildman–Crippen MR) is 87.0 cm³/mol. The third-order valence-electron chi connectivity index (χ3n) is 4.62. The van der Waals surface area contributed by atoms with Crippen molar-refractivity contribution in [3.8, 4) is 0 Å². The number of β-amino-alcohol motifs (C(OH)–C–C–N with tert-alkyl or cyclic N) is 1. The molecule has 6 heteroatoms. The Labute approximate surface area is 140 Å². The van der Waals surface area contributed by atoms with Crippen molar-refractivity contribution in [3.05, 3.63) is 34.9 Å². The Balaban J connectivity index is 1.63. The van der Waals surface area contributed by atoms with Crippen LogP contribution in [0.2, 0.25) is 5.02 Å². The van der Waals surface area contributed by atoms with Gasteiger partial charge in [-0.2, -0.15) is 0 Å². The molecule has 2 amide bonds. The highest BCUT2D eigenvalue weighted by atomic mass is 35.5. The van der Waals surface area contributed by atoms with Crippen molar-refractivity contribution < 1.29 is 14.7 Å². The molecule has 2 saturated heterocycles. The summed E-state index contributed by atoms with van der Waals surface area (Å²) >= 11 is 6.30. The Kier molecular flexibility index (Phi) is 4.99. The monoisotopic (exact) mass is 336 g/mol. The lowest BCUT2D eigenvalue weighted by Crippen LogP contribution is -2.42. The molecule has 2 atom stereocenters. The van der Waals surface area contributed by atoms with E-state index in [-0.39, 0.29) is 37.2 Å². The third kappa shape index (κ3) is 3.57. The molecule has 23 heavy (non-hydrogen) atoms. The van der Waals surface area contributed by atoms with Crippen LogP contribution < -0.4 is 0 Å². The van der Waals surface area contributed by atoms with Gasteiger partial charge in [0.2, 0.25) is 11.8 Å². The number of imide groups is 1. The number of carbonyl (C=O) groups is 2. The van der Waals surface area contributed by atoms with E-state index in [4.69, 9.17) is 11.6 Å². The molecule has 0 unspecified atom stereocenters. The van der Waals surface area contributed by atoms with Gasteiger partial charge in [-0.3, -0.25) is 19.4 Å². The summed E-state index contributed by atoms with van der Waals surface area (Å²) in [7, 11) is 0. The lowest BCUT2D eigenvalue weighted by atomic mass is 10.0. The summed E-state index contributed by atoms with van der Waals surface area (Å²) in [6.45, 7) is 1.41.